The number of hydrogen-bond donors (Lipinski definition) is 2. The first-order valence-electron chi connectivity index (χ1n) is 12.7. The molecule has 0 saturated carbocycles. The van der Waals surface area contributed by atoms with E-state index in [1.807, 2.05) is 41.5 Å². The third-order valence-corrected chi connectivity index (χ3v) is 5.54. The number of ether oxygens (including phenoxy) is 3. The maximum absolute atomic E-state index is 12.2. The molecule has 0 fully saturated rings. The first-order valence-corrected chi connectivity index (χ1v) is 12.7. The van der Waals surface area contributed by atoms with Gasteiger partial charge in [0, 0.05) is 24.9 Å². The summed E-state index contributed by atoms with van der Waals surface area (Å²) in [6.07, 6.45) is 1.33. The second-order valence-electron chi connectivity index (χ2n) is 10.9. The van der Waals surface area contributed by atoms with Crippen LogP contribution in [0, 0.1) is 29.1 Å². The number of ketones is 1. The topological polar surface area (TPSA) is 103 Å². The molecule has 0 aromatic heterocycles. The average molecular weight is 487 g/mol. The minimum absolute atomic E-state index is 0.0327. The zero-order chi connectivity index (χ0) is 26.1. The minimum atomic E-state index is -0.602. The first kappa shape index (κ1) is 32.5. The summed E-state index contributed by atoms with van der Waals surface area (Å²) in [6, 6.07) is 0. The lowest BCUT2D eigenvalue weighted by molar-refractivity contribution is -0.138. The Bertz CT molecular complexity index is 516. The van der Waals surface area contributed by atoms with Gasteiger partial charge in [-0.05, 0) is 30.1 Å². The smallest absolute Gasteiger partial charge is 0.246 e. The summed E-state index contributed by atoms with van der Waals surface area (Å²) in [5, 5.41) is 5.67. The SMILES string of the molecule is CC(C)CCC(=O)COCC(COCC(=O)NCC(C)C)(COCC(=O)NCC(C)C)C(C)C. The third-order valence-electron chi connectivity index (χ3n) is 5.54. The summed E-state index contributed by atoms with van der Waals surface area (Å²) in [7, 11) is 0. The van der Waals surface area contributed by atoms with E-state index in [1.165, 1.54) is 0 Å². The summed E-state index contributed by atoms with van der Waals surface area (Å²) in [6.45, 7) is 18.1. The van der Waals surface area contributed by atoms with Crippen molar-refractivity contribution in [3.8, 4) is 0 Å². The van der Waals surface area contributed by atoms with Crippen LogP contribution in [0.15, 0.2) is 0 Å². The van der Waals surface area contributed by atoms with E-state index in [0.29, 0.717) is 37.3 Å². The number of amides is 2. The van der Waals surface area contributed by atoms with Gasteiger partial charge < -0.3 is 24.8 Å². The molecule has 0 bridgehead atoms. The van der Waals surface area contributed by atoms with E-state index in [9.17, 15) is 14.4 Å². The molecule has 8 heteroatoms. The van der Waals surface area contributed by atoms with Crippen molar-refractivity contribution in [1.82, 2.24) is 10.6 Å². The number of carbonyl (C=O) groups excluding carboxylic acids is 3. The molecule has 0 heterocycles. The maximum Gasteiger partial charge on any atom is 0.246 e. The van der Waals surface area contributed by atoms with E-state index in [4.69, 9.17) is 14.2 Å². The molecule has 2 N–H and O–H groups in total. The lowest BCUT2D eigenvalue weighted by atomic mass is 9.79. The Morgan fingerprint density at radius 3 is 1.41 bits per heavy atom. The Kier molecular flexibility index (Phi) is 17.1. The van der Waals surface area contributed by atoms with E-state index in [0.717, 1.165) is 6.42 Å². The first-order chi connectivity index (χ1) is 15.9. The van der Waals surface area contributed by atoms with Crippen LogP contribution in [-0.4, -0.2) is 70.3 Å². The van der Waals surface area contributed by atoms with Crippen molar-refractivity contribution >= 4 is 17.6 Å². The Morgan fingerprint density at radius 1 is 0.647 bits per heavy atom. The maximum atomic E-state index is 12.2. The number of hydrogen-bond acceptors (Lipinski definition) is 6. The number of rotatable bonds is 20. The number of Topliss-reactive ketones (excluding diaryl/α,β-unsaturated/α-hetero) is 1. The van der Waals surface area contributed by atoms with Gasteiger partial charge in [-0.15, -0.1) is 0 Å². The van der Waals surface area contributed by atoms with E-state index in [-0.39, 0.29) is 63.2 Å². The fourth-order valence-electron chi connectivity index (χ4n) is 2.95. The predicted molar refractivity (Wildman–Crippen MR) is 135 cm³/mol. The van der Waals surface area contributed by atoms with Gasteiger partial charge in [0.15, 0.2) is 5.78 Å². The number of carbonyl (C=O) groups is 3. The molecule has 8 nitrogen and oxygen atoms in total. The Labute approximate surface area is 207 Å². The van der Waals surface area contributed by atoms with Gasteiger partial charge in [-0.3, -0.25) is 14.4 Å². The second-order valence-corrected chi connectivity index (χ2v) is 10.9. The Morgan fingerprint density at radius 2 is 1.06 bits per heavy atom. The van der Waals surface area contributed by atoms with Crippen LogP contribution in [-0.2, 0) is 28.6 Å². The molecule has 0 rings (SSSR count). The van der Waals surface area contributed by atoms with Crippen LogP contribution in [0.25, 0.3) is 0 Å². The zero-order valence-electron chi connectivity index (χ0n) is 22.8. The largest absolute Gasteiger partial charge is 0.373 e. The van der Waals surface area contributed by atoms with E-state index in [1.54, 1.807) is 0 Å². The van der Waals surface area contributed by atoms with Crippen molar-refractivity contribution in [3.63, 3.8) is 0 Å². The van der Waals surface area contributed by atoms with Gasteiger partial charge in [-0.25, -0.2) is 0 Å². The van der Waals surface area contributed by atoms with Gasteiger partial charge in [0.1, 0.15) is 19.8 Å². The molecule has 0 spiro atoms. The fourth-order valence-corrected chi connectivity index (χ4v) is 2.95. The van der Waals surface area contributed by atoms with Crippen LogP contribution in [0.4, 0.5) is 0 Å². The molecule has 200 valence electrons. The highest BCUT2D eigenvalue weighted by molar-refractivity contribution is 5.79. The molecule has 0 unspecified atom stereocenters. The molecular weight excluding hydrogens is 436 g/mol. The standard InChI is InChI=1S/C26H50N2O6/c1-19(2)9-10-23(29)13-32-16-26(22(7)8,17-33-14-24(30)27-11-20(3)4)18-34-15-25(31)28-12-21(5)6/h19-22H,9-18H2,1-8H3,(H,27,30)(H,28,31). The fraction of sp³-hybridized carbons (Fsp3) is 0.885. The molecule has 0 aliphatic carbocycles. The van der Waals surface area contributed by atoms with Gasteiger partial charge in [0.05, 0.1) is 19.8 Å². The molecule has 0 aliphatic heterocycles. The Balaban J connectivity index is 4.98. The van der Waals surface area contributed by atoms with Gasteiger partial charge >= 0.3 is 0 Å². The number of nitrogens with one attached hydrogen (secondary N) is 2. The summed E-state index contributed by atoms with van der Waals surface area (Å²) in [4.78, 5) is 36.3. The molecule has 0 atom stereocenters. The highest BCUT2D eigenvalue weighted by Crippen LogP contribution is 2.29. The van der Waals surface area contributed by atoms with Crippen molar-refractivity contribution in [2.24, 2.45) is 29.1 Å². The van der Waals surface area contributed by atoms with E-state index in [2.05, 4.69) is 24.5 Å². The summed E-state index contributed by atoms with van der Waals surface area (Å²) in [5.41, 5.74) is -0.602. The second kappa shape index (κ2) is 17.9. The molecule has 2 amide bonds. The van der Waals surface area contributed by atoms with Gasteiger partial charge in [0.25, 0.3) is 0 Å². The monoisotopic (exact) mass is 486 g/mol. The Hall–Kier alpha value is -1.51. The zero-order valence-corrected chi connectivity index (χ0v) is 22.8. The van der Waals surface area contributed by atoms with Gasteiger partial charge in [0.2, 0.25) is 11.8 Å². The van der Waals surface area contributed by atoms with Crippen molar-refractivity contribution < 1.29 is 28.6 Å². The van der Waals surface area contributed by atoms with Crippen molar-refractivity contribution in [1.29, 1.82) is 0 Å². The van der Waals surface area contributed by atoms with E-state index < -0.39 is 5.41 Å². The highest BCUT2D eigenvalue weighted by Gasteiger charge is 2.36. The van der Waals surface area contributed by atoms with Crippen molar-refractivity contribution in [2.45, 2.75) is 68.2 Å². The average Bonchev–Trinajstić information content (AvgIpc) is 2.74. The summed E-state index contributed by atoms with van der Waals surface area (Å²) in [5.74, 6) is 0.954. The molecule has 0 aromatic carbocycles. The van der Waals surface area contributed by atoms with Crippen molar-refractivity contribution in [3.05, 3.63) is 0 Å². The van der Waals surface area contributed by atoms with Gasteiger partial charge in [-0.1, -0.05) is 55.4 Å². The van der Waals surface area contributed by atoms with Crippen LogP contribution in [0.2, 0.25) is 0 Å². The van der Waals surface area contributed by atoms with Crippen LogP contribution in [0.3, 0.4) is 0 Å². The van der Waals surface area contributed by atoms with E-state index >= 15 is 0 Å². The lowest BCUT2D eigenvalue weighted by Crippen LogP contribution is -2.44. The highest BCUT2D eigenvalue weighted by atomic mass is 16.5. The summed E-state index contributed by atoms with van der Waals surface area (Å²) >= 11 is 0. The molecular formula is C26H50N2O6. The third kappa shape index (κ3) is 16.2. The minimum Gasteiger partial charge on any atom is -0.373 e. The molecule has 0 aliphatic rings. The van der Waals surface area contributed by atoms with Gasteiger partial charge in [-0.2, -0.15) is 0 Å². The summed E-state index contributed by atoms with van der Waals surface area (Å²) < 4.78 is 17.4. The lowest BCUT2D eigenvalue weighted by Gasteiger charge is -2.36. The predicted octanol–water partition coefficient (Wildman–Crippen LogP) is 3.23. The van der Waals surface area contributed by atoms with Crippen molar-refractivity contribution in [2.75, 3.05) is 52.7 Å². The normalized spacial score (nSPS) is 12.1. The molecule has 0 saturated heterocycles. The van der Waals surface area contributed by atoms with Crippen LogP contribution in [0.5, 0.6) is 0 Å². The molecule has 0 radical (unpaired) electrons. The van der Waals surface area contributed by atoms with Crippen LogP contribution in [0.1, 0.15) is 68.2 Å². The van der Waals surface area contributed by atoms with Crippen LogP contribution < -0.4 is 10.6 Å². The quantitative estimate of drug-likeness (QED) is 0.274. The molecule has 0 aromatic rings. The molecule has 34 heavy (non-hydrogen) atoms. The van der Waals surface area contributed by atoms with Crippen LogP contribution >= 0.6 is 0 Å².